The van der Waals surface area contributed by atoms with Gasteiger partial charge < -0.3 is 10.2 Å². The number of hydrogen-bond donors (Lipinski definition) is 1. The van der Waals surface area contributed by atoms with E-state index in [-0.39, 0.29) is 11.9 Å². The predicted octanol–water partition coefficient (Wildman–Crippen LogP) is 4.40. The Bertz CT molecular complexity index is 783. The maximum absolute atomic E-state index is 13.0. The van der Waals surface area contributed by atoms with Crippen molar-refractivity contribution in [3.05, 3.63) is 16.8 Å². The van der Waals surface area contributed by atoms with Gasteiger partial charge in [0.05, 0.1) is 10.3 Å². The Labute approximate surface area is 160 Å². The van der Waals surface area contributed by atoms with Crippen molar-refractivity contribution < 1.29 is 4.79 Å². The van der Waals surface area contributed by atoms with Crippen LogP contribution in [-0.2, 0) is 0 Å². The van der Waals surface area contributed by atoms with Crippen LogP contribution in [0.15, 0.2) is 6.33 Å². The summed E-state index contributed by atoms with van der Waals surface area (Å²) in [5, 5.41) is 4.33. The zero-order chi connectivity index (χ0) is 18.8. The number of nitrogens with zero attached hydrogens (tertiary/aromatic N) is 3. The van der Waals surface area contributed by atoms with E-state index in [9.17, 15) is 4.79 Å². The summed E-state index contributed by atoms with van der Waals surface area (Å²) in [6.07, 6.45) is 5.14. The third-order valence-corrected chi connectivity index (χ3v) is 7.20. The standard InChI is InChI=1S/C20H30N4OS/c1-6-24(7-2)18-16-14(5)17(26-20(16)22-11-21-18)19(25)23-15-10-8-9-12(3)13(15)4/h11-13,15H,6-10H2,1-5H3,(H,23,25)/t12-,13+,15+/m0/s1. The van der Waals surface area contributed by atoms with E-state index in [1.165, 1.54) is 24.2 Å². The van der Waals surface area contributed by atoms with E-state index in [0.29, 0.717) is 11.8 Å². The average Bonchev–Trinajstić information content (AvgIpc) is 2.98. The monoisotopic (exact) mass is 374 g/mol. The number of fused-ring (bicyclic) bond motifs is 1. The molecule has 142 valence electrons. The molecule has 6 heteroatoms. The molecule has 1 fully saturated rings. The Hall–Kier alpha value is -1.69. The minimum absolute atomic E-state index is 0.0435. The molecule has 0 bridgehead atoms. The minimum Gasteiger partial charge on any atom is -0.357 e. The molecule has 0 radical (unpaired) electrons. The van der Waals surface area contributed by atoms with Crippen LogP contribution in [0.25, 0.3) is 10.2 Å². The van der Waals surface area contributed by atoms with Crippen LogP contribution in [0, 0.1) is 18.8 Å². The Kier molecular flexibility index (Phi) is 5.80. The van der Waals surface area contributed by atoms with E-state index in [1.807, 2.05) is 6.92 Å². The van der Waals surface area contributed by atoms with E-state index in [0.717, 1.165) is 46.0 Å². The highest BCUT2D eigenvalue weighted by atomic mass is 32.1. The van der Waals surface area contributed by atoms with Gasteiger partial charge in [-0.25, -0.2) is 9.97 Å². The number of aromatic nitrogens is 2. The van der Waals surface area contributed by atoms with Crippen LogP contribution in [-0.4, -0.2) is 35.0 Å². The maximum atomic E-state index is 13.0. The lowest BCUT2D eigenvalue weighted by Crippen LogP contribution is -2.43. The molecule has 0 unspecified atom stereocenters. The fourth-order valence-corrected chi connectivity index (χ4v) is 5.10. The van der Waals surface area contributed by atoms with Crippen molar-refractivity contribution in [2.24, 2.45) is 11.8 Å². The average molecular weight is 375 g/mol. The molecule has 0 aliphatic heterocycles. The highest BCUT2D eigenvalue weighted by Gasteiger charge is 2.30. The molecule has 2 heterocycles. The van der Waals surface area contributed by atoms with Crippen molar-refractivity contribution in [3.8, 4) is 0 Å². The van der Waals surface area contributed by atoms with Crippen molar-refractivity contribution in [2.75, 3.05) is 18.0 Å². The maximum Gasteiger partial charge on any atom is 0.261 e. The predicted molar refractivity (Wildman–Crippen MR) is 109 cm³/mol. The molecule has 1 saturated carbocycles. The van der Waals surface area contributed by atoms with Gasteiger partial charge in [0.25, 0.3) is 5.91 Å². The second-order valence-electron chi connectivity index (χ2n) is 7.45. The first kappa shape index (κ1) is 19.1. The highest BCUT2D eigenvalue weighted by Crippen LogP contribution is 2.35. The Morgan fingerprint density at radius 2 is 2.00 bits per heavy atom. The summed E-state index contributed by atoms with van der Waals surface area (Å²) in [4.78, 5) is 25.8. The molecule has 3 atom stereocenters. The molecular weight excluding hydrogens is 344 g/mol. The highest BCUT2D eigenvalue weighted by molar-refractivity contribution is 7.20. The normalized spacial score (nSPS) is 23.2. The first-order valence-corrected chi connectivity index (χ1v) is 10.6. The fraction of sp³-hybridized carbons (Fsp3) is 0.650. The topological polar surface area (TPSA) is 58.1 Å². The largest absolute Gasteiger partial charge is 0.357 e. The molecule has 1 amide bonds. The molecule has 5 nitrogen and oxygen atoms in total. The molecular formula is C20H30N4OS. The van der Waals surface area contributed by atoms with E-state index in [4.69, 9.17) is 0 Å². The zero-order valence-electron chi connectivity index (χ0n) is 16.5. The number of rotatable bonds is 5. The summed E-state index contributed by atoms with van der Waals surface area (Å²) in [7, 11) is 0. The third kappa shape index (κ3) is 3.43. The number of thiophene rings is 1. The second-order valence-corrected chi connectivity index (χ2v) is 8.45. The van der Waals surface area contributed by atoms with Crippen molar-refractivity contribution in [1.29, 1.82) is 0 Å². The second kappa shape index (κ2) is 7.91. The number of nitrogens with one attached hydrogen (secondary N) is 1. The van der Waals surface area contributed by atoms with Crippen molar-refractivity contribution in [3.63, 3.8) is 0 Å². The summed E-state index contributed by atoms with van der Waals surface area (Å²) < 4.78 is 0. The minimum atomic E-state index is 0.0435. The molecule has 3 rings (SSSR count). The molecule has 1 N–H and O–H groups in total. The quantitative estimate of drug-likeness (QED) is 0.843. The van der Waals surface area contributed by atoms with Crippen LogP contribution < -0.4 is 10.2 Å². The molecule has 2 aromatic rings. The molecule has 26 heavy (non-hydrogen) atoms. The van der Waals surface area contributed by atoms with Crippen LogP contribution in [0.1, 0.15) is 62.2 Å². The lowest BCUT2D eigenvalue weighted by molar-refractivity contribution is 0.0895. The summed E-state index contributed by atoms with van der Waals surface area (Å²) in [6, 6.07) is 0.268. The van der Waals surface area contributed by atoms with Gasteiger partial charge in [0.2, 0.25) is 0 Å². The number of hydrogen-bond acceptors (Lipinski definition) is 5. The molecule has 1 aliphatic carbocycles. The van der Waals surface area contributed by atoms with Gasteiger partial charge in [0.1, 0.15) is 17.0 Å². The van der Waals surface area contributed by atoms with E-state index in [2.05, 4.69) is 47.9 Å². The summed E-state index contributed by atoms with van der Waals surface area (Å²) >= 11 is 1.49. The van der Waals surface area contributed by atoms with Crippen LogP contribution in [0.2, 0.25) is 0 Å². The number of amides is 1. The van der Waals surface area contributed by atoms with Gasteiger partial charge in [-0.3, -0.25) is 4.79 Å². The van der Waals surface area contributed by atoms with Crippen molar-refractivity contribution >= 4 is 33.3 Å². The Morgan fingerprint density at radius 3 is 2.69 bits per heavy atom. The number of anilines is 1. The SMILES string of the molecule is CCN(CC)c1ncnc2sc(C(=O)N[C@@H]3CCC[C@H](C)[C@H]3C)c(C)c12. The van der Waals surface area contributed by atoms with E-state index in [1.54, 1.807) is 6.33 Å². The lowest BCUT2D eigenvalue weighted by atomic mass is 9.78. The number of aryl methyl sites for hydroxylation is 1. The Balaban J connectivity index is 1.92. The first-order valence-electron chi connectivity index (χ1n) is 9.77. The first-order chi connectivity index (χ1) is 12.5. The van der Waals surface area contributed by atoms with Crippen molar-refractivity contribution in [1.82, 2.24) is 15.3 Å². The van der Waals surface area contributed by atoms with Gasteiger partial charge in [0.15, 0.2) is 0 Å². The van der Waals surface area contributed by atoms with Gasteiger partial charge >= 0.3 is 0 Å². The molecule has 1 aliphatic rings. The number of carbonyl (C=O) groups excluding carboxylic acids is 1. The molecule has 0 aromatic carbocycles. The van der Waals surface area contributed by atoms with Crippen LogP contribution in [0.3, 0.4) is 0 Å². The van der Waals surface area contributed by atoms with Gasteiger partial charge in [-0.05, 0) is 44.6 Å². The smallest absolute Gasteiger partial charge is 0.261 e. The zero-order valence-corrected chi connectivity index (χ0v) is 17.3. The van der Waals surface area contributed by atoms with Gasteiger partial charge in [-0.15, -0.1) is 11.3 Å². The number of carbonyl (C=O) groups is 1. The van der Waals surface area contributed by atoms with Crippen molar-refractivity contribution in [2.45, 2.75) is 59.9 Å². The third-order valence-electron chi connectivity index (χ3n) is 6.00. The van der Waals surface area contributed by atoms with Gasteiger partial charge in [-0.1, -0.05) is 26.7 Å². The van der Waals surface area contributed by atoms with E-state index >= 15 is 0 Å². The van der Waals surface area contributed by atoms with Gasteiger partial charge in [-0.2, -0.15) is 0 Å². The van der Waals surface area contributed by atoms with Crippen LogP contribution >= 0.6 is 11.3 Å². The van der Waals surface area contributed by atoms with E-state index < -0.39 is 0 Å². The molecule has 0 saturated heterocycles. The van der Waals surface area contributed by atoms with Gasteiger partial charge in [0, 0.05) is 19.1 Å². The summed E-state index contributed by atoms with van der Waals surface area (Å²) in [5.41, 5.74) is 1.00. The fourth-order valence-electron chi connectivity index (χ4n) is 4.05. The Morgan fingerprint density at radius 1 is 1.27 bits per heavy atom. The van der Waals surface area contributed by atoms with Crippen LogP contribution in [0.4, 0.5) is 5.82 Å². The summed E-state index contributed by atoms with van der Waals surface area (Å²) in [5.74, 6) is 2.17. The van der Waals surface area contributed by atoms with Crippen LogP contribution in [0.5, 0.6) is 0 Å². The molecule has 0 spiro atoms. The molecule has 2 aromatic heterocycles. The summed E-state index contributed by atoms with van der Waals surface area (Å²) in [6.45, 7) is 12.6. The lowest BCUT2D eigenvalue weighted by Gasteiger charge is -2.34.